The summed E-state index contributed by atoms with van der Waals surface area (Å²) < 4.78 is 50.3. The Balaban J connectivity index is 0.00000729. The normalized spacial score (nSPS) is 25.5. The van der Waals surface area contributed by atoms with E-state index >= 15 is 0 Å². The van der Waals surface area contributed by atoms with Crippen LogP contribution in [0.25, 0.3) is 0 Å². The number of hydrogen-bond acceptors (Lipinski definition) is 22. The van der Waals surface area contributed by atoms with Gasteiger partial charge in [-0.25, -0.2) is 9.59 Å². The number of alkyl carbamates (subject to hydrolysis) is 1. The number of likely N-dealkylation sites (N-methyl/N-ethyl adjacent to an activating group) is 1. The molecule has 3 N–H and O–H groups in total. The molecule has 0 aliphatic carbocycles. The average Bonchev–Trinajstić information content (AvgIpc) is 1.57. The standard InChI is InChI=1S/C59H83ClN6O21S.C2H6/c1-36-11-10-12-43(79-9)59(77)34-41(84-56(76)62-59)37(2)54-58(5,86-54)44(33-49(71)64(7)39-30-38(29-36)31-40(78-8)53(39)60)85-52(74)35-63(6)46(68)15-18-57(3,4)88-42-32-50(72)65(55(42)75)20-16-45(67)61-19-22-81-24-26-83-28-27-82-25-23-80-21-17-51(73)87-66-47(69)13-14-48(66)70;1-2/h10-12,30-31,37,41-44,54,77H,13-29,32-35H2,1-9H3,(H,61,67)(H,62,76);1-2H3/b12-10+,36-11+;/t37-,41?,42?,43-,44+,54?,58?,59+;/m1./s1. The predicted octanol–water partition coefficient (Wildman–Crippen LogP) is 4.14. The van der Waals surface area contributed by atoms with Crippen LogP contribution in [-0.2, 0) is 92.3 Å². The van der Waals surface area contributed by atoms with Gasteiger partial charge in [-0.05, 0) is 44.4 Å². The minimum absolute atomic E-state index is 0.0154. The zero-order chi connectivity index (χ0) is 66.5. The number of carbonyl (C=O) groups is 10. The second-order valence-corrected chi connectivity index (χ2v) is 25.1. The van der Waals surface area contributed by atoms with Crippen molar-refractivity contribution in [3.05, 3.63) is 46.5 Å². The molecule has 0 saturated carbocycles. The van der Waals surface area contributed by atoms with E-state index in [4.69, 9.17) is 59.1 Å². The van der Waals surface area contributed by atoms with Crippen molar-refractivity contribution in [1.29, 1.82) is 0 Å². The van der Waals surface area contributed by atoms with E-state index in [1.54, 1.807) is 38.1 Å². The molecule has 1 aromatic carbocycles. The molecule has 8 amide bonds. The van der Waals surface area contributed by atoms with E-state index in [9.17, 15) is 53.1 Å². The molecule has 90 heavy (non-hydrogen) atoms. The number of thioether (sulfide) groups is 1. The Morgan fingerprint density at radius 3 is 2.14 bits per heavy atom. The number of fused-ring (bicyclic) bond motifs is 5. The minimum atomic E-state index is -1.89. The molecular formula is C61H89ClN6O21S. The Morgan fingerprint density at radius 2 is 1.51 bits per heavy atom. The summed E-state index contributed by atoms with van der Waals surface area (Å²) in [5.41, 5.74) is -1.23. The molecule has 27 nitrogen and oxygen atoms in total. The van der Waals surface area contributed by atoms with Crippen LogP contribution in [0.15, 0.2) is 35.9 Å². The van der Waals surface area contributed by atoms with E-state index in [0.29, 0.717) is 22.9 Å². The molecule has 29 heteroatoms. The molecule has 0 spiro atoms. The number of amides is 8. The summed E-state index contributed by atoms with van der Waals surface area (Å²) in [7, 11) is 5.84. The SMILES string of the molecule is CC.COc1cc2cc(c1Cl)N(C)C(=O)C[C@H](OC(=O)CN(C)C(=O)CCC(C)(C)SC1CC(=O)N(CCC(=O)NCCOCCOCCOCCOCCC(=O)ON3C(=O)CCC3=O)C1=O)C1(C)OC1[C@H](C)C1C[C@@](O)(NC(=O)O1)[C@H](OC)/C=C/C=C(\C)C2. The second kappa shape index (κ2) is 35.0. The van der Waals surface area contributed by atoms with Crippen molar-refractivity contribution in [1.82, 2.24) is 25.5 Å². The molecular weight excluding hydrogens is 1220 g/mol. The molecule has 5 aliphatic heterocycles. The number of epoxide rings is 1. The molecule has 5 heterocycles. The lowest BCUT2D eigenvalue weighted by molar-refractivity contribution is -0.198. The molecule has 4 unspecified atom stereocenters. The molecule has 4 fully saturated rings. The molecule has 4 bridgehead atoms. The highest BCUT2D eigenvalue weighted by atomic mass is 35.5. The molecule has 8 atom stereocenters. The van der Waals surface area contributed by atoms with Crippen LogP contribution < -0.4 is 20.3 Å². The number of hydroxylamine groups is 2. The molecule has 0 radical (unpaired) electrons. The first-order valence-corrected chi connectivity index (χ1v) is 31.4. The summed E-state index contributed by atoms with van der Waals surface area (Å²) in [6, 6.07) is 3.52. The second-order valence-electron chi connectivity index (χ2n) is 22.8. The predicted molar refractivity (Wildman–Crippen MR) is 326 cm³/mol. The molecule has 1 aromatic rings. The van der Waals surface area contributed by atoms with Crippen molar-refractivity contribution in [2.75, 3.05) is 106 Å². The third-order valence-electron chi connectivity index (χ3n) is 15.5. The number of esters is 1. The Bertz CT molecular complexity index is 2770. The summed E-state index contributed by atoms with van der Waals surface area (Å²) in [5.74, 6) is -5.13. The lowest BCUT2D eigenvalue weighted by Gasteiger charge is -2.42. The summed E-state index contributed by atoms with van der Waals surface area (Å²) in [5, 5.41) is 17.0. The van der Waals surface area contributed by atoms with Crippen molar-refractivity contribution in [3.8, 4) is 5.75 Å². The van der Waals surface area contributed by atoms with Crippen LogP contribution in [-0.4, -0.2) is 226 Å². The van der Waals surface area contributed by atoms with Crippen LogP contribution >= 0.6 is 23.4 Å². The lowest BCUT2D eigenvalue weighted by atomic mass is 9.83. The van der Waals surface area contributed by atoms with E-state index in [0.717, 1.165) is 16.0 Å². The van der Waals surface area contributed by atoms with Gasteiger partial charge in [0.25, 0.3) is 11.8 Å². The van der Waals surface area contributed by atoms with Crippen molar-refractivity contribution < 1.29 is 101 Å². The maximum Gasteiger partial charge on any atom is 0.409 e. The Labute approximate surface area is 534 Å². The number of nitrogens with zero attached hydrogens (tertiary/aromatic N) is 4. The number of benzene rings is 1. The quantitative estimate of drug-likeness (QED) is 0.0439. The Kier molecular flexibility index (Phi) is 29.0. The summed E-state index contributed by atoms with van der Waals surface area (Å²) >= 11 is 8.07. The highest BCUT2D eigenvalue weighted by Crippen LogP contribution is 2.49. The van der Waals surface area contributed by atoms with E-state index in [1.165, 1.54) is 49.9 Å². The van der Waals surface area contributed by atoms with Crippen LogP contribution in [0.3, 0.4) is 0 Å². The van der Waals surface area contributed by atoms with E-state index in [-0.39, 0.29) is 128 Å². The molecule has 4 saturated heterocycles. The van der Waals surface area contributed by atoms with Gasteiger partial charge in [0, 0.05) is 83.5 Å². The smallest absolute Gasteiger partial charge is 0.409 e. The summed E-state index contributed by atoms with van der Waals surface area (Å²) in [6.45, 7) is 14.4. The highest BCUT2D eigenvalue weighted by Gasteiger charge is 2.64. The highest BCUT2D eigenvalue weighted by molar-refractivity contribution is 8.02. The van der Waals surface area contributed by atoms with Crippen molar-refractivity contribution >= 4 is 88.4 Å². The number of rotatable bonds is 29. The summed E-state index contributed by atoms with van der Waals surface area (Å²) in [6.07, 6.45) is 0.196. The zero-order valence-electron chi connectivity index (χ0n) is 53.4. The number of anilines is 1. The lowest BCUT2D eigenvalue weighted by Crippen LogP contribution is -2.63. The number of nitrogens with one attached hydrogen (secondary N) is 2. The zero-order valence-corrected chi connectivity index (χ0v) is 55.0. The van der Waals surface area contributed by atoms with E-state index in [1.807, 2.05) is 40.7 Å². The van der Waals surface area contributed by atoms with E-state index in [2.05, 4.69) is 10.6 Å². The first-order valence-electron chi connectivity index (χ1n) is 30.2. The third kappa shape index (κ3) is 21.4. The number of imide groups is 2. The monoisotopic (exact) mass is 1310 g/mol. The van der Waals surface area contributed by atoms with Crippen LogP contribution in [0, 0.1) is 5.92 Å². The van der Waals surface area contributed by atoms with Crippen LogP contribution in [0.1, 0.15) is 112 Å². The van der Waals surface area contributed by atoms with Gasteiger partial charge in [0.1, 0.15) is 41.2 Å². The van der Waals surface area contributed by atoms with E-state index < -0.39 is 118 Å². The van der Waals surface area contributed by atoms with Gasteiger partial charge in [0.2, 0.25) is 29.5 Å². The maximum absolute atomic E-state index is 14.4. The summed E-state index contributed by atoms with van der Waals surface area (Å²) in [4.78, 5) is 137. The number of carbonyl (C=O) groups excluding carboxylic acids is 10. The van der Waals surface area contributed by atoms with Gasteiger partial charge < -0.3 is 67.7 Å². The number of allylic oxidation sites excluding steroid dienone is 3. The number of hydrogen-bond donors (Lipinski definition) is 3. The number of halogens is 1. The third-order valence-corrected chi connectivity index (χ3v) is 17.4. The molecule has 5 aliphatic rings. The number of likely N-dealkylation sites (tertiary alicyclic amines) is 1. The van der Waals surface area contributed by atoms with Gasteiger partial charge in [-0.3, -0.25) is 48.6 Å². The van der Waals surface area contributed by atoms with Gasteiger partial charge in [-0.1, -0.05) is 70.0 Å². The fraction of sp³-hybridized carbons (Fsp3) is 0.672. The first-order chi connectivity index (χ1) is 42.7. The van der Waals surface area contributed by atoms with Crippen LogP contribution in [0.2, 0.25) is 5.02 Å². The molecule has 502 valence electrons. The largest absolute Gasteiger partial charge is 0.495 e. The van der Waals surface area contributed by atoms with Gasteiger partial charge in [0.15, 0.2) is 5.72 Å². The molecule has 6 rings (SSSR count). The fourth-order valence-electron chi connectivity index (χ4n) is 10.4. The number of aliphatic hydroxyl groups is 1. The van der Waals surface area contributed by atoms with Crippen molar-refractivity contribution in [2.45, 2.75) is 158 Å². The van der Waals surface area contributed by atoms with Gasteiger partial charge in [-0.15, -0.1) is 16.8 Å². The van der Waals surface area contributed by atoms with Gasteiger partial charge >= 0.3 is 18.0 Å². The topological polar surface area (TPSA) is 324 Å². The van der Waals surface area contributed by atoms with Crippen LogP contribution in [0.4, 0.5) is 10.5 Å². The maximum atomic E-state index is 14.4. The van der Waals surface area contributed by atoms with Gasteiger partial charge in [-0.2, -0.15) is 0 Å². The number of methoxy groups -OCH3 is 2. The average molecular weight is 1310 g/mol. The van der Waals surface area contributed by atoms with Crippen molar-refractivity contribution in [3.63, 3.8) is 0 Å². The Morgan fingerprint density at radius 1 is 0.878 bits per heavy atom. The van der Waals surface area contributed by atoms with Crippen LogP contribution in [0.5, 0.6) is 5.75 Å². The Hall–Kier alpha value is -6.24. The van der Waals surface area contributed by atoms with Crippen molar-refractivity contribution in [2.24, 2.45) is 5.92 Å². The fourth-order valence-corrected chi connectivity index (χ4v) is 12.1. The first kappa shape index (κ1) is 74.5. The van der Waals surface area contributed by atoms with Gasteiger partial charge in [0.05, 0.1) is 89.8 Å². The molecule has 0 aromatic heterocycles. The minimum Gasteiger partial charge on any atom is -0.495 e. The number of ether oxygens (including phenoxy) is 9.